The van der Waals surface area contributed by atoms with Crippen LogP contribution in [0.3, 0.4) is 0 Å². The summed E-state index contributed by atoms with van der Waals surface area (Å²) in [5.74, 6) is -0.365. The molecule has 1 aliphatic rings. The van der Waals surface area contributed by atoms with Gasteiger partial charge in [-0.15, -0.1) is 0 Å². The molecule has 2 rings (SSSR count). The van der Waals surface area contributed by atoms with Gasteiger partial charge in [0.1, 0.15) is 5.69 Å². The molecule has 1 fully saturated rings. The number of nitro benzene ring substituents is 1. The zero-order chi connectivity index (χ0) is 15.6. The number of aliphatic hydroxyl groups is 1. The smallest absolute Gasteiger partial charge is 0.293 e. The van der Waals surface area contributed by atoms with Crippen molar-refractivity contribution < 1.29 is 14.8 Å². The van der Waals surface area contributed by atoms with Crippen molar-refractivity contribution in [2.24, 2.45) is 0 Å². The van der Waals surface area contributed by atoms with Crippen molar-refractivity contribution in [1.29, 1.82) is 0 Å². The van der Waals surface area contributed by atoms with Crippen LogP contribution in [-0.2, 0) is 0 Å². The molecule has 1 saturated heterocycles. The first kappa shape index (κ1) is 15.2. The number of carbonyl (C=O) groups excluding carboxylic acids is 1. The number of rotatable bonds is 5. The highest BCUT2D eigenvalue weighted by Crippen LogP contribution is 2.36. The van der Waals surface area contributed by atoms with Crippen molar-refractivity contribution >= 4 is 17.3 Å². The van der Waals surface area contributed by atoms with E-state index in [4.69, 9.17) is 0 Å². The Morgan fingerprint density at radius 3 is 2.71 bits per heavy atom. The van der Waals surface area contributed by atoms with Gasteiger partial charge in [0.15, 0.2) is 0 Å². The van der Waals surface area contributed by atoms with E-state index in [-0.39, 0.29) is 17.2 Å². The van der Waals surface area contributed by atoms with E-state index >= 15 is 0 Å². The van der Waals surface area contributed by atoms with Gasteiger partial charge in [0.05, 0.1) is 10.5 Å². The molecule has 0 spiro atoms. The molecule has 7 heteroatoms. The molecule has 0 bridgehead atoms. The Bertz CT molecular complexity index is 567. The minimum atomic E-state index is -0.762. The van der Waals surface area contributed by atoms with E-state index in [2.05, 4.69) is 5.32 Å². The quantitative estimate of drug-likeness (QED) is 0.630. The summed E-state index contributed by atoms with van der Waals surface area (Å²) in [6.45, 7) is 2.74. The maximum absolute atomic E-state index is 11.6. The van der Waals surface area contributed by atoms with Crippen molar-refractivity contribution in [2.45, 2.75) is 25.4 Å². The summed E-state index contributed by atoms with van der Waals surface area (Å²) in [6, 6.07) is 4.39. The molecule has 0 aliphatic carbocycles. The number of nitro groups is 1. The summed E-state index contributed by atoms with van der Waals surface area (Å²) in [5.41, 5.74) is -0.192. The average molecular weight is 293 g/mol. The fraction of sp³-hybridized carbons (Fsp3) is 0.500. The summed E-state index contributed by atoms with van der Waals surface area (Å²) in [5, 5.41) is 23.8. The van der Waals surface area contributed by atoms with Crippen molar-refractivity contribution in [3.8, 4) is 0 Å². The maximum atomic E-state index is 11.6. The van der Waals surface area contributed by atoms with Crippen LogP contribution in [0.5, 0.6) is 0 Å². The summed E-state index contributed by atoms with van der Waals surface area (Å²) >= 11 is 0. The van der Waals surface area contributed by atoms with E-state index < -0.39 is 10.5 Å². The highest BCUT2D eigenvalue weighted by molar-refractivity contribution is 5.95. The summed E-state index contributed by atoms with van der Waals surface area (Å²) in [4.78, 5) is 24.0. The molecule has 0 aromatic heterocycles. The predicted molar refractivity (Wildman–Crippen MR) is 78.6 cm³/mol. The fourth-order valence-corrected chi connectivity index (χ4v) is 2.68. The van der Waals surface area contributed by atoms with Gasteiger partial charge in [0.2, 0.25) is 0 Å². The normalized spacial score (nSPS) is 16.2. The Morgan fingerprint density at radius 1 is 1.52 bits per heavy atom. The van der Waals surface area contributed by atoms with E-state index in [1.165, 1.54) is 13.1 Å². The second-order valence-corrected chi connectivity index (χ2v) is 5.37. The van der Waals surface area contributed by atoms with Gasteiger partial charge in [0.25, 0.3) is 11.6 Å². The number of hydrogen-bond acceptors (Lipinski definition) is 5. The van der Waals surface area contributed by atoms with E-state index in [1.807, 2.05) is 6.92 Å². The van der Waals surface area contributed by atoms with Gasteiger partial charge in [0, 0.05) is 31.8 Å². The SMILES string of the molecule is CCCC1(O)CN(c2ccc(C(=O)NC)cc2[N+](=O)[O-])C1. The lowest BCUT2D eigenvalue weighted by Crippen LogP contribution is -2.62. The third-order valence-corrected chi connectivity index (χ3v) is 3.69. The van der Waals surface area contributed by atoms with Crippen LogP contribution < -0.4 is 10.2 Å². The van der Waals surface area contributed by atoms with E-state index in [0.717, 1.165) is 6.42 Å². The summed E-state index contributed by atoms with van der Waals surface area (Å²) in [7, 11) is 1.47. The Balaban J connectivity index is 2.25. The fourth-order valence-electron chi connectivity index (χ4n) is 2.68. The van der Waals surface area contributed by atoms with Crippen molar-refractivity contribution in [3.63, 3.8) is 0 Å². The number of benzene rings is 1. The molecule has 1 aromatic rings. The topological polar surface area (TPSA) is 95.7 Å². The standard InChI is InChI=1S/C14H19N3O4/c1-3-6-14(19)8-16(9-14)11-5-4-10(13(18)15-2)7-12(11)17(20)21/h4-5,7,19H,3,6,8-9H2,1-2H3,(H,15,18). The molecule has 2 N–H and O–H groups in total. The van der Waals surface area contributed by atoms with Crippen LogP contribution in [0.15, 0.2) is 18.2 Å². The number of β-amino-alcohol motifs (C(OH)–C–C–N with tert-alkyl or cyclic N) is 1. The van der Waals surface area contributed by atoms with Gasteiger partial charge in [-0.25, -0.2) is 0 Å². The Hall–Kier alpha value is -2.15. The summed E-state index contributed by atoms with van der Waals surface area (Å²) < 4.78 is 0. The lowest BCUT2D eigenvalue weighted by Gasteiger charge is -2.47. The second-order valence-electron chi connectivity index (χ2n) is 5.37. The predicted octanol–water partition coefficient (Wildman–Crippen LogP) is 1.31. The van der Waals surface area contributed by atoms with Crippen LogP contribution in [0.1, 0.15) is 30.1 Å². The van der Waals surface area contributed by atoms with Gasteiger partial charge in [-0.3, -0.25) is 14.9 Å². The van der Waals surface area contributed by atoms with Crippen molar-refractivity contribution in [3.05, 3.63) is 33.9 Å². The Morgan fingerprint density at radius 2 is 2.19 bits per heavy atom. The van der Waals surface area contributed by atoms with Gasteiger partial charge in [-0.2, -0.15) is 0 Å². The third-order valence-electron chi connectivity index (χ3n) is 3.69. The molecule has 114 valence electrons. The minimum Gasteiger partial charge on any atom is -0.386 e. The molecule has 0 unspecified atom stereocenters. The van der Waals surface area contributed by atoms with Crippen LogP contribution in [0.4, 0.5) is 11.4 Å². The molecule has 21 heavy (non-hydrogen) atoms. The third kappa shape index (κ3) is 2.97. The zero-order valence-electron chi connectivity index (χ0n) is 12.1. The lowest BCUT2D eigenvalue weighted by atomic mass is 9.88. The first-order valence-electron chi connectivity index (χ1n) is 6.88. The second kappa shape index (κ2) is 5.69. The van der Waals surface area contributed by atoms with Crippen LogP contribution in [0, 0.1) is 10.1 Å². The molecule has 0 saturated carbocycles. The van der Waals surface area contributed by atoms with E-state index in [9.17, 15) is 20.0 Å². The van der Waals surface area contributed by atoms with E-state index in [1.54, 1.807) is 17.0 Å². The monoisotopic (exact) mass is 293 g/mol. The van der Waals surface area contributed by atoms with Gasteiger partial charge < -0.3 is 15.3 Å². The minimum absolute atomic E-state index is 0.116. The maximum Gasteiger partial charge on any atom is 0.293 e. The van der Waals surface area contributed by atoms with Gasteiger partial charge in [-0.1, -0.05) is 13.3 Å². The van der Waals surface area contributed by atoms with Crippen LogP contribution in [-0.4, -0.2) is 41.7 Å². The molecule has 0 atom stereocenters. The largest absolute Gasteiger partial charge is 0.386 e. The van der Waals surface area contributed by atoms with E-state index in [0.29, 0.717) is 25.2 Å². The number of nitrogens with zero attached hydrogens (tertiary/aromatic N) is 2. The number of hydrogen-bond donors (Lipinski definition) is 2. The molecule has 1 amide bonds. The molecule has 1 aromatic carbocycles. The zero-order valence-corrected chi connectivity index (χ0v) is 12.1. The number of anilines is 1. The van der Waals surface area contributed by atoms with Crippen LogP contribution in [0.2, 0.25) is 0 Å². The van der Waals surface area contributed by atoms with Crippen LogP contribution in [0.25, 0.3) is 0 Å². The van der Waals surface area contributed by atoms with Gasteiger partial charge in [-0.05, 0) is 18.6 Å². The first-order valence-corrected chi connectivity index (χ1v) is 6.88. The number of amides is 1. The highest BCUT2D eigenvalue weighted by atomic mass is 16.6. The average Bonchev–Trinajstić information content (AvgIpc) is 2.43. The molecule has 1 aliphatic heterocycles. The molecular formula is C14H19N3O4. The number of nitrogens with one attached hydrogen (secondary N) is 1. The molecule has 7 nitrogen and oxygen atoms in total. The Kier molecular flexibility index (Phi) is 4.13. The molecular weight excluding hydrogens is 274 g/mol. The lowest BCUT2D eigenvalue weighted by molar-refractivity contribution is -0.384. The molecule has 0 radical (unpaired) electrons. The van der Waals surface area contributed by atoms with Crippen molar-refractivity contribution in [2.75, 3.05) is 25.0 Å². The number of carbonyl (C=O) groups is 1. The summed E-state index contributed by atoms with van der Waals surface area (Å²) in [6.07, 6.45) is 1.54. The molecule has 1 heterocycles. The Labute approximate surface area is 122 Å². The highest BCUT2D eigenvalue weighted by Gasteiger charge is 2.42. The van der Waals surface area contributed by atoms with Gasteiger partial charge >= 0.3 is 0 Å². The van der Waals surface area contributed by atoms with Crippen LogP contribution >= 0.6 is 0 Å². The first-order chi connectivity index (χ1) is 9.90. The van der Waals surface area contributed by atoms with Crippen molar-refractivity contribution in [1.82, 2.24) is 5.32 Å².